The lowest BCUT2D eigenvalue weighted by atomic mass is 10.1. The predicted molar refractivity (Wildman–Crippen MR) is 45.5 cm³/mol. The van der Waals surface area contributed by atoms with Crippen LogP contribution in [0.15, 0.2) is 12.2 Å². The van der Waals surface area contributed by atoms with E-state index in [4.69, 9.17) is 9.47 Å². The molecule has 1 atom stereocenters. The van der Waals surface area contributed by atoms with Crippen molar-refractivity contribution in [3.63, 3.8) is 0 Å². The van der Waals surface area contributed by atoms with Crippen LogP contribution in [0.2, 0.25) is 0 Å². The molecule has 0 spiro atoms. The maximum atomic E-state index is 5.07. The number of rotatable bonds is 5. The summed E-state index contributed by atoms with van der Waals surface area (Å²) < 4.78 is 10.1. The molecule has 1 N–H and O–H groups in total. The Bertz CT molecular complexity index is 121. The van der Waals surface area contributed by atoms with E-state index in [-0.39, 0.29) is 12.3 Å². The third kappa shape index (κ3) is 3.01. The predicted octanol–water partition coefficient (Wildman–Crippen LogP) is 0.769. The van der Waals surface area contributed by atoms with Crippen molar-refractivity contribution >= 4 is 0 Å². The second kappa shape index (κ2) is 5.29. The fourth-order valence-corrected chi connectivity index (χ4v) is 0.983. The molecule has 0 amide bonds. The first kappa shape index (κ1) is 10.6. The maximum absolute atomic E-state index is 5.07. The van der Waals surface area contributed by atoms with Crippen molar-refractivity contribution < 1.29 is 9.47 Å². The van der Waals surface area contributed by atoms with E-state index in [1.165, 1.54) is 0 Å². The van der Waals surface area contributed by atoms with Gasteiger partial charge in [-0.05, 0) is 14.0 Å². The smallest absolute Gasteiger partial charge is 0.175 e. The maximum Gasteiger partial charge on any atom is 0.175 e. The molecule has 3 nitrogen and oxygen atoms in total. The Balaban J connectivity index is 4.09. The molecular formula is C8H17NO2. The molecule has 66 valence electrons. The number of hydrogen-bond acceptors (Lipinski definition) is 3. The summed E-state index contributed by atoms with van der Waals surface area (Å²) in [5.74, 6) is 0. The van der Waals surface area contributed by atoms with Crippen molar-refractivity contribution in [2.45, 2.75) is 19.3 Å². The Morgan fingerprint density at radius 1 is 1.36 bits per heavy atom. The summed E-state index contributed by atoms with van der Waals surface area (Å²) in [6.07, 6.45) is -0.252. The highest BCUT2D eigenvalue weighted by Gasteiger charge is 2.18. The van der Waals surface area contributed by atoms with Gasteiger partial charge < -0.3 is 14.8 Å². The molecule has 0 rings (SSSR count). The van der Waals surface area contributed by atoms with E-state index in [1.54, 1.807) is 14.2 Å². The van der Waals surface area contributed by atoms with Gasteiger partial charge in [-0.3, -0.25) is 0 Å². The van der Waals surface area contributed by atoms with E-state index >= 15 is 0 Å². The van der Waals surface area contributed by atoms with Gasteiger partial charge in [0.05, 0.1) is 6.04 Å². The monoisotopic (exact) mass is 159 g/mol. The van der Waals surface area contributed by atoms with Gasteiger partial charge in [-0.25, -0.2) is 0 Å². The van der Waals surface area contributed by atoms with Gasteiger partial charge in [-0.2, -0.15) is 0 Å². The van der Waals surface area contributed by atoms with Gasteiger partial charge in [-0.15, -0.1) is 0 Å². The molecule has 0 aromatic carbocycles. The highest BCUT2D eigenvalue weighted by atomic mass is 16.7. The third-order valence-corrected chi connectivity index (χ3v) is 1.58. The molecular weight excluding hydrogens is 142 g/mol. The summed E-state index contributed by atoms with van der Waals surface area (Å²) in [4.78, 5) is 0. The van der Waals surface area contributed by atoms with Crippen LogP contribution < -0.4 is 5.32 Å². The lowest BCUT2D eigenvalue weighted by Crippen LogP contribution is -2.40. The van der Waals surface area contributed by atoms with E-state index in [0.29, 0.717) is 0 Å². The zero-order valence-corrected chi connectivity index (χ0v) is 7.68. The lowest BCUT2D eigenvalue weighted by Gasteiger charge is -2.24. The Labute approximate surface area is 68.4 Å². The molecule has 1 unspecified atom stereocenters. The highest BCUT2D eigenvalue weighted by molar-refractivity contribution is 5.02. The molecule has 0 heterocycles. The minimum atomic E-state index is -0.252. The van der Waals surface area contributed by atoms with Gasteiger partial charge in [0.25, 0.3) is 0 Å². The minimum absolute atomic E-state index is 0.0602. The van der Waals surface area contributed by atoms with E-state index in [1.807, 2.05) is 14.0 Å². The summed E-state index contributed by atoms with van der Waals surface area (Å²) in [5.41, 5.74) is 1.00. The quantitative estimate of drug-likeness (QED) is 0.475. The summed E-state index contributed by atoms with van der Waals surface area (Å²) in [6, 6.07) is 0.0602. The third-order valence-electron chi connectivity index (χ3n) is 1.58. The van der Waals surface area contributed by atoms with Crippen LogP contribution in [0.25, 0.3) is 0 Å². The lowest BCUT2D eigenvalue weighted by molar-refractivity contribution is -0.114. The summed E-state index contributed by atoms with van der Waals surface area (Å²) in [5, 5.41) is 3.05. The molecule has 0 aliphatic heterocycles. The van der Waals surface area contributed by atoms with Crippen LogP contribution in [0, 0.1) is 0 Å². The topological polar surface area (TPSA) is 30.5 Å². The number of methoxy groups -OCH3 is 2. The fraction of sp³-hybridized carbons (Fsp3) is 0.750. The fourth-order valence-electron chi connectivity index (χ4n) is 0.983. The molecule has 0 saturated heterocycles. The molecule has 0 aliphatic rings. The second-order valence-corrected chi connectivity index (χ2v) is 2.45. The van der Waals surface area contributed by atoms with Crippen LogP contribution in [0.3, 0.4) is 0 Å². The summed E-state index contributed by atoms with van der Waals surface area (Å²) >= 11 is 0. The van der Waals surface area contributed by atoms with Crippen LogP contribution in [-0.2, 0) is 9.47 Å². The molecule has 3 heteroatoms. The number of hydrogen-bond donors (Lipinski definition) is 1. The minimum Gasteiger partial charge on any atom is -0.354 e. The van der Waals surface area contributed by atoms with Gasteiger partial charge in [0.15, 0.2) is 6.29 Å². The van der Waals surface area contributed by atoms with Gasteiger partial charge in [0.1, 0.15) is 0 Å². The van der Waals surface area contributed by atoms with E-state index in [2.05, 4.69) is 11.9 Å². The Kier molecular flexibility index (Phi) is 5.11. The molecule has 0 saturated carbocycles. The number of nitrogens with one attached hydrogen (secondary N) is 1. The first-order valence-electron chi connectivity index (χ1n) is 3.55. The Morgan fingerprint density at radius 2 is 1.82 bits per heavy atom. The average molecular weight is 159 g/mol. The SMILES string of the molecule is C=C(C)C(NC)C(OC)OC. The van der Waals surface area contributed by atoms with Crippen LogP contribution >= 0.6 is 0 Å². The van der Waals surface area contributed by atoms with Crippen LogP contribution in [0.5, 0.6) is 0 Å². The Morgan fingerprint density at radius 3 is 1.91 bits per heavy atom. The van der Waals surface area contributed by atoms with Crippen molar-refractivity contribution in [3.05, 3.63) is 12.2 Å². The van der Waals surface area contributed by atoms with E-state index < -0.39 is 0 Å². The van der Waals surface area contributed by atoms with Gasteiger partial charge >= 0.3 is 0 Å². The largest absolute Gasteiger partial charge is 0.354 e. The zero-order chi connectivity index (χ0) is 8.85. The van der Waals surface area contributed by atoms with Crippen molar-refractivity contribution in [3.8, 4) is 0 Å². The zero-order valence-electron chi connectivity index (χ0n) is 7.68. The van der Waals surface area contributed by atoms with E-state index in [9.17, 15) is 0 Å². The molecule has 0 aromatic rings. The van der Waals surface area contributed by atoms with Gasteiger partial charge in [-0.1, -0.05) is 12.2 Å². The van der Waals surface area contributed by atoms with Crippen LogP contribution in [-0.4, -0.2) is 33.6 Å². The highest BCUT2D eigenvalue weighted by Crippen LogP contribution is 2.06. The average Bonchev–Trinajstić information content (AvgIpc) is 1.99. The molecule has 0 radical (unpaired) electrons. The van der Waals surface area contributed by atoms with Crippen molar-refractivity contribution in [1.29, 1.82) is 0 Å². The molecule has 0 fully saturated rings. The van der Waals surface area contributed by atoms with E-state index in [0.717, 1.165) is 5.57 Å². The van der Waals surface area contributed by atoms with Crippen LogP contribution in [0.4, 0.5) is 0 Å². The number of ether oxygens (including phenoxy) is 2. The molecule has 0 aromatic heterocycles. The van der Waals surface area contributed by atoms with Gasteiger partial charge in [0, 0.05) is 14.2 Å². The molecule has 0 aliphatic carbocycles. The van der Waals surface area contributed by atoms with Crippen molar-refractivity contribution in [2.75, 3.05) is 21.3 Å². The van der Waals surface area contributed by atoms with Crippen LogP contribution in [0.1, 0.15) is 6.92 Å². The number of likely N-dealkylation sites (N-methyl/N-ethyl adjacent to an activating group) is 1. The molecule has 0 bridgehead atoms. The van der Waals surface area contributed by atoms with Gasteiger partial charge in [0.2, 0.25) is 0 Å². The summed E-state index contributed by atoms with van der Waals surface area (Å²) in [6.45, 7) is 5.76. The molecule has 11 heavy (non-hydrogen) atoms. The second-order valence-electron chi connectivity index (χ2n) is 2.45. The first-order valence-corrected chi connectivity index (χ1v) is 3.55. The normalized spacial score (nSPS) is 13.5. The Hall–Kier alpha value is -0.380. The standard InChI is InChI=1S/C8H17NO2/c1-6(2)7(9-3)8(10-4)11-5/h7-9H,1H2,2-5H3. The summed E-state index contributed by atoms with van der Waals surface area (Å²) in [7, 11) is 5.08. The van der Waals surface area contributed by atoms with Crippen molar-refractivity contribution in [1.82, 2.24) is 5.32 Å². The first-order chi connectivity index (χ1) is 5.17. The van der Waals surface area contributed by atoms with Crippen molar-refractivity contribution in [2.24, 2.45) is 0 Å².